The Labute approximate surface area is 163 Å². The molecule has 4 aromatic rings. The summed E-state index contributed by atoms with van der Waals surface area (Å²) in [6.45, 7) is 1.92. The quantitative estimate of drug-likeness (QED) is 0.549. The summed E-state index contributed by atoms with van der Waals surface area (Å²) in [7, 11) is 1.65. The van der Waals surface area contributed by atoms with Crippen LogP contribution in [0.4, 0.5) is 5.82 Å². The van der Waals surface area contributed by atoms with Crippen LogP contribution in [0.1, 0.15) is 22.9 Å². The first-order valence-corrected chi connectivity index (χ1v) is 9.12. The van der Waals surface area contributed by atoms with Crippen LogP contribution in [0.15, 0.2) is 72.9 Å². The summed E-state index contributed by atoms with van der Waals surface area (Å²) in [5.41, 5.74) is 3.23. The molecule has 140 valence electrons. The van der Waals surface area contributed by atoms with Gasteiger partial charge in [-0.05, 0) is 37.3 Å². The molecule has 0 aliphatic carbocycles. The number of aromatic nitrogens is 2. The maximum absolute atomic E-state index is 11.0. The third-order valence-corrected chi connectivity index (χ3v) is 4.77. The number of fused-ring (bicyclic) bond motifs is 1. The number of phenolic OH excluding ortho intramolecular Hbond substituents is 1. The fraction of sp³-hybridized carbons (Fsp3) is 0.130. The van der Waals surface area contributed by atoms with Crippen LogP contribution in [0, 0.1) is 6.92 Å². The minimum atomic E-state index is -0.267. The van der Waals surface area contributed by atoms with E-state index in [0.29, 0.717) is 5.52 Å². The van der Waals surface area contributed by atoms with Gasteiger partial charge in [-0.1, -0.05) is 30.3 Å². The number of aryl methyl sites for hydroxylation is 1. The molecule has 5 heteroatoms. The fourth-order valence-corrected chi connectivity index (χ4v) is 3.30. The minimum Gasteiger partial charge on any atom is -0.505 e. The van der Waals surface area contributed by atoms with Gasteiger partial charge in [-0.25, -0.2) is 9.97 Å². The molecule has 0 amide bonds. The van der Waals surface area contributed by atoms with Gasteiger partial charge in [0.25, 0.3) is 5.82 Å². The summed E-state index contributed by atoms with van der Waals surface area (Å²) < 4.78 is 5.28. The molecule has 3 N–H and O–H groups in total. The van der Waals surface area contributed by atoms with Crippen molar-refractivity contribution in [2.45, 2.75) is 13.0 Å². The Morgan fingerprint density at radius 3 is 2.50 bits per heavy atom. The second-order valence-electron chi connectivity index (χ2n) is 6.65. The smallest absolute Gasteiger partial charge is 0.272 e. The topological polar surface area (TPSA) is 68.5 Å². The predicted molar refractivity (Wildman–Crippen MR) is 110 cm³/mol. The molecule has 0 bridgehead atoms. The van der Waals surface area contributed by atoms with E-state index in [1.807, 2.05) is 79.9 Å². The number of rotatable bonds is 5. The number of nitrogens with one attached hydrogen (secondary N) is 2. The lowest BCUT2D eigenvalue weighted by molar-refractivity contribution is -0.361. The first-order chi connectivity index (χ1) is 13.7. The van der Waals surface area contributed by atoms with E-state index in [2.05, 4.69) is 15.3 Å². The second kappa shape index (κ2) is 7.56. The lowest BCUT2D eigenvalue weighted by atomic mass is 9.96. The summed E-state index contributed by atoms with van der Waals surface area (Å²) >= 11 is 0. The maximum Gasteiger partial charge on any atom is 0.272 e. The molecule has 2 heterocycles. The Morgan fingerprint density at radius 2 is 1.79 bits per heavy atom. The van der Waals surface area contributed by atoms with Gasteiger partial charge in [-0.2, -0.15) is 0 Å². The van der Waals surface area contributed by atoms with Crippen LogP contribution < -0.4 is 15.0 Å². The Bertz CT molecular complexity index is 1100. The highest BCUT2D eigenvalue weighted by Gasteiger charge is 2.24. The van der Waals surface area contributed by atoms with Crippen molar-refractivity contribution >= 4 is 16.7 Å². The molecule has 1 atom stereocenters. The molecule has 0 radical (unpaired) electrons. The van der Waals surface area contributed by atoms with Gasteiger partial charge in [-0.3, -0.25) is 5.32 Å². The van der Waals surface area contributed by atoms with Crippen LogP contribution in [0.25, 0.3) is 10.9 Å². The number of H-pyrrole nitrogens is 1. The SMILES string of the molecule is COc1ccc([C@H](Nc2cccc[nH+]2)c2ccc3ccc(C)nc3c2O)cc1. The molecule has 0 aliphatic rings. The zero-order chi connectivity index (χ0) is 19.5. The van der Waals surface area contributed by atoms with Crippen molar-refractivity contribution in [3.05, 3.63) is 89.7 Å². The summed E-state index contributed by atoms with van der Waals surface area (Å²) in [6.07, 6.45) is 1.86. The number of ether oxygens (including phenoxy) is 1. The zero-order valence-electron chi connectivity index (χ0n) is 15.8. The zero-order valence-corrected chi connectivity index (χ0v) is 15.8. The molecule has 4 rings (SSSR count). The minimum absolute atomic E-state index is 0.186. The van der Waals surface area contributed by atoms with Gasteiger partial charge in [0.1, 0.15) is 23.1 Å². The van der Waals surface area contributed by atoms with E-state index in [1.165, 1.54) is 0 Å². The molecule has 0 saturated heterocycles. The van der Waals surface area contributed by atoms with Crippen molar-refractivity contribution < 1.29 is 14.8 Å². The first kappa shape index (κ1) is 17.8. The van der Waals surface area contributed by atoms with Crippen LogP contribution in [-0.2, 0) is 0 Å². The third-order valence-electron chi connectivity index (χ3n) is 4.77. The standard InChI is InChI=1S/C23H21N3O2/c1-15-6-7-17-10-13-19(23(27)22(17)25-15)21(26-20-5-3-4-14-24-20)16-8-11-18(28-2)12-9-16/h3-14,21,27H,1-2H3,(H,24,26)/p+1/t21-/m0/s1. The Kier molecular flexibility index (Phi) is 4.81. The molecule has 5 nitrogen and oxygen atoms in total. The van der Waals surface area contributed by atoms with Crippen molar-refractivity contribution in [2.24, 2.45) is 0 Å². The van der Waals surface area contributed by atoms with Gasteiger partial charge in [0.05, 0.1) is 13.3 Å². The molecule has 2 aromatic heterocycles. The van der Waals surface area contributed by atoms with Crippen LogP contribution in [0.2, 0.25) is 0 Å². The van der Waals surface area contributed by atoms with Gasteiger partial charge in [0, 0.05) is 28.3 Å². The molecule has 0 saturated carbocycles. The molecule has 0 spiro atoms. The van der Waals surface area contributed by atoms with E-state index in [4.69, 9.17) is 4.74 Å². The number of pyridine rings is 2. The number of methoxy groups -OCH3 is 1. The van der Waals surface area contributed by atoms with Crippen molar-refractivity contribution in [2.75, 3.05) is 12.4 Å². The average Bonchev–Trinajstić information content (AvgIpc) is 2.74. The molecular weight excluding hydrogens is 350 g/mol. The average molecular weight is 372 g/mol. The number of hydrogen-bond donors (Lipinski definition) is 2. The third kappa shape index (κ3) is 3.47. The Morgan fingerprint density at radius 1 is 1.00 bits per heavy atom. The van der Waals surface area contributed by atoms with E-state index < -0.39 is 0 Å². The van der Waals surface area contributed by atoms with Crippen LogP contribution in [-0.4, -0.2) is 17.2 Å². The molecule has 0 unspecified atom stereocenters. The number of phenols is 1. The number of aromatic amines is 1. The van der Waals surface area contributed by atoms with Crippen LogP contribution >= 0.6 is 0 Å². The number of anilines is 1. The predicted octanol–water partition coefficient (Wildman–Crippen LogP) is 4.27. The largest absolute Gasteiger partial charge is 0.505 e. The normalized spacial score (nSPS) is 11.9. The first-order valence-electron chi connectivity index (χ1n) is 9.12. The van der Waals surface area contributed by atoms with Crippen molar-refractivity contribution in [1.82, 2.24) is 4.98 Å². The summed E-state index contributed by atoms with van der Waals surface area (Å²) in [4.78, 5) is 7.73. The molecule has 2 aromatic carbocycles. The van der Waals surface area contributed by atoms with Gasteiger partial charge in [0.15, 0.2) is 0 Å². The number of hydrogen-bond acceptors (Lipinski definition) is 4. The summed E-state index contributed by atoms with van der Waals surface area (Å²) in [5, 5.41) is 15.4. The molecule has 28 heavy (non-hydrogen) atoms. The van der Waals surface area contributed by atoms with Crippen molar-refractivity contribution in [3.8, 4) is 11.5 Å². The number of benzene rings is 2. The van der Waals surface area contributed by atoms with Crippen molar-refractivity contribution in [3.63, 3.8) is 0 Å². The van der Waals surface area contributed by atoms with Gasteiger partial charge < -0.3 is 9.84 Å². The number of aromatic hydroxyl groups is 1. The summed E-state index contributed by atoms with van der Waals surface area (Å²) in [6, 6.07) is 21.2. The summed E-state index contributed by atoms with van der Waals surface area (Å²) in [5.74, 6) is 1.82. The van der Waals surface area contributed by atoms with Crippen molar-refractivity contribution in [1.29, 1.82) is 0 Å². The molecule has 0 fully saturated rings. The second-order valence-corrected chi connectivity index (χ2v) is 6.65. The fourth-order valence-electron chi connectivity index (χ4n) is 3.30. The van der Waals surface area contributed by atoms with Gasteiger partial charge >= 0.3 is 0 Å². The highest BCUT2D eigenvalue weighted by Crippen LogP contribution is 2.36. The Hall–Kier alpha value is -3.60. The van der Waals surface area contributed by atoms with Gasteiger partial charge in [0.2, 0.25) is 0 Å². The van der Waals surface area contributed by atoms with E-state index in [0.717, 1.165) is 33.8 Å². The number of nitrogens with zero attached hydrogens (tertiary/aromatic N) is 1. The highest BCUT2D eigenvalue weighted by molar-refractivity contribution is 5.86. The highest BCUT2D eigenvalue weighted by atomic mass is 16.5. The maximum atomic E-state index is 11.0. The van der Waals surface area contributed by atoms with E-state index in [-0.39, 0.29) is 11.8 Å². The lowest BCUT2D eigenvalue weighted by Gasteiger charge is -2.18. The lowest BCUT2D eigenvalue weighted by Crippen LogP contribution is -2.18. The van der Waals surface area contributed by atoms with E-state index in [1.54, 1.807) is 7.11 Å². The van der Waals surface area contributed by atoms with Gasteiger partial charge in [-0.15, -0.1) is 0 Å². The van der Waals surface area contributed by atoms with E-state index in [9.17, 15) is 5.11 Å². The molecular formula is C23H22N3O2+. The van der Waals surface area contributed by atoms with Crippen LogP contribution in [0.3, 0.4) is 0 Å². The van der Waals surface area contributed by atoms with E-state index >= 15 is 0 Å². The molecule has 0 aliphatic heterocycles. The Balaban J connectivity index is 1.84. The van der Waals surface area contributed by atoms with Crippen LogP contribution in [0.5, 0.6) is 11.5 Å². The monoisotopic (exact) mass is 372 g/mol.